The zero-order chi connectivity index (χ0) is 23.0. The average Bonchev–Trinajstić information content (AvgIpc) is 3.12. The molecule has 0 saturated heterocycles. The lowest BCUT2D eigenvalue weighted by Crippen LogP contribution is -2.15. The minimum atomic E-state index is -4.70. The van der Waals surface area contributed by atoms with Gasteiger partial charge < -0.3 is 5.32 Å². The maximum Gasteiger partial charge on any atom is 0.417 e. The first-order valence-electron chi connectivity index (χ1n) is 8.94. The van der Waals surface area contributed by atoms with E-state index < -0.39 is 31.6 Å². The van der Waals surface area contributed by atoms with Crippen molar-refractivity contribution in [2.45, 2.75) is 22.5 Å². The number of alkyl halides is 3. The van der Waals surface area contributed by atoms with Crippen LogP contribution in [-0.2, 0) is 32.6 Å². The van der Waals surface area contributed by atoms with Crippen molar-refractivity contribution in [2.75, 3.05) is 13.3 Å². The summed E-state index contributed by atoms with van der Waals surface area (Å²) in [5, 5.41) is 2.83. The smallest absolute Gasteiger partial charge is 0.316 e. The minimum absolute atomic E-state index is 0. The molecule has 0 fully saturated rings. The Hall–Kier alpha value is -2.34. The van der Waals surface area contributed by atoms with Crippen molar-refractivity contribution >= 4 is 32.3 Å². The van der Waals surface area contributed by atoms with Gasteiger partial charge in [0.05, 0.1) is 21.0 Å². The third kappa shape index (κ3) is 5.17. The number of nitrogens with zero attached hydrogens (tertiary/aromatic N) is 1. The first kappa shape index (κ1) is 25.9. The number of rotatable bonds is 6. The fourth-order valence-corrected chi connectivity index (χ4v) is 5.30. The molecule has 174 valence electrons. The molecule has 0 atom stereocenters. The van der Waals surface area contributed by atoms with E-state index in [0.29, 0.717) is 5.56 Å². The summed E-state index contributed by atoms with van der Waals surface area (Å²) in [6.07, 6.45) is -2.54. The fourth-order valence-electron chi connectivity index (χ4n) is 3.13. The monoisotopic (exact) mass is 508 g/mol. The van der Waals surface area contributed by atoms with E-state index in [9.17, 15) is 30.0 Å². The van der Waals surface area contributed by atoms with Crippen molar-refractivity contribution in [1.82, 2.24) is 9.29 Å². The van der Waals surface area contributed by atoms with Crippen molar-refractivity contribution in [1.29, 1.82) is 0 Å². The van der Waals surface area contributed by atoms with Crippen LogP contribution in [0.4, 0.5) is 13.2 Å². The Morgan fingerprint density at radius 3 is 2.16 bits per heavy atom. The average molecular weight is 509 g/mol. The molecule has 0 radical (unpaired) electrons. The molecule has 0 saturated carbocycles. The van der Waals surface area contributed by atoms with Gasteiger partial charge in [-0.05, 0) is 42.9 Å². The number of nitrogens with one attached hydrogen (secondary N) is 1. The summed E-state index contributed by atoms with van der Waals surface area (Å²) in [5.74, 6) is 0. The van der Waals surface area contributed by atoms with Crippen molar-refractivity contribution in [3.8, 4) is 11.3 Å². The lowest BCUT2D eigenvalue weighted by molar-refractivity contribution is -0.137. The Kier molecular flexibility index (Phi) is 7.50. The lowest BCUT2D eigenvalue weighted by atomic mass is 10.0. The minimum Gasteiger partial charge on any atom is -0.316 e. The predicted octanol–water partition coefficient (Wildman–Crippen LogP) is 3.96. The molecule has 12 heteroatoms. The van der Waals surface area contributed by atoms with E-state index in [4.69, 9.17) is 0 Å². The zero-order valence-corrected chi connectivity index (χ0v) is 19.4. The van der Waals surface area contributed by atoms with Crippen LogP contribution in [0.3, 0.4) is 0 Å². The van der Waals surface area contributed by atoms with Crippen LogP contribution in [0.2, 0.25) is 0 Å². The van der Waals surface area contributed by atoms with E-state index >= 15 is 0 Å². The van der Waals surface area contributed by atoms with Crippen LogP contribution in [0.5, 0.6) is 0 Å². The Bertz CT molecular complexity index is 1330. The van der Waals surface area contributed by atoms with Gasteiger partial charge in [-0.2, -0.15) is 13.2 Å². The SMILES string of the molecule is CNCc1cc(-c2ccccc2C(F)(F)F)n(S(=O)(=O)c2cccc(S(C)(=O)=O)c2)c1.Cl. The first-order chi connectivity index (χ1) is 14.4. The molecule has 0 unspecified atom stereocenters. The van der Waals surface area contributed by atoms with Crippen LogP contribution in [0.25, 0.3) is 11.3 Å². The van der Waals surface area contributed by atoms with Crippen LogP contribution < -0.4 is 5.32 Å². The van der Waals surface area contributed by atoms with E-state index in [1.165, 1.54) is 48.7 Å². The van der Waals surface area contributed by atoms with E-state index in [1.54, 1.807) is 7.05 Å². The molecule has 0 aliphatic heterocycles. The summed E-state index contributed by atoms with van der Waals surface area (Å²) in [6.45, 7) is 0.215. The van der Waals surface area contributed by atoms with E-state index in [2.05, 4.69) is 5.32 Å². The molecule has 3 rings (SSSR count). The maximum atomic E-state index is 13.6. The molecule has 1 aromatic heterocycles. The molecule has 1 N–H and O–H groups in total. The van der Waals surface area contributed by atoms with Gasteiger partial charge in [-0.1, -0.05) is 24.3 Å². The van der Waals surface area contributed by atoms with E-state index in [1.807, 2.05) is 0 Å². The second-order valence-electron chi connectivity index (χ2n) is 6.86. The molecular formula is C20H20ClF3N2O4S2. The van der Waals surface area contributed by atoms with Crippen molar-refractivity contribution in [2.24, 2.45) is 0 Å². The Morgan fingerprint density at radius 2 is 1.56 bits per heavy atom. The normalized spacial score (nSPS) is 12.4. The topological polar surface area (TPSA) is 85.2 Å². The molecule has 0 amide bonds. The summed E-state index contributed by atoms with van der Waals surface area (Å²) in [7, 11) is -6.48. The van der Waals surface area contributed by atoms with Gasteiger partial charge >= 0.3 is 6.18 Å². The summed E-state index contributed by atoms with van der Waals surface area (Å²) in [5.41, 5.74) is -1.02. The molecule has 6 nitrogen and oxygen atoms in total. The Balaban J connectivity index is 0.00000363. The molecular weight excluding hydrogens is 489 g/mol. The van der Waals surface area contributed by atoms with E-state index in [-0.39, 0.29) is 40.0 Å². The maximum absolute atomic E-state index is 13.6. The molecule has 2 aromatic carbocycles. The second kappa shape index (κ2) is 9.26. The molecule has 0 aliphatic carbocycles. The van der Waals surface area contributed by atoms with Gasteiger partial charge in [-0.25, -0.2) is 20.8 Å². The molecule has 0 bridgehead atoms. The summed E-state index contributed by atoms with van der Waals surface area (Å²) < 4.78 is 91.9. The molecule has 0 aliphatic rings. The van der Waals surface area contributed by atoms with Gasteiger partial charge in [0.25, 0.3) is 10.0 Å². The third-order valence-electron chi connectivity index (χ3n) is 4.52. The highest BCUT2D eigenvalue weighted by atomic mass is 35.5. The Labute approximate surface area is 190 Å². The molecule has 1 heterocycles. The van der Waals surface area contributed by atoms with Gasteiger partial charge in [0.1, 0.15) is 0 Å². The van der Waals surface area contributed by atoms with Gasteiger partial charge in [0, 0.05) is 24.6 Å². The number of sulfone groups is 1. The quantitative estimate of drug-likeness (QED) is 0.545. The van der Waals surface area contributed by atoms with Crippen LogP contribution >= 0.6 is 12.4 Å². The largest absolute Gasteiger partial charge is 0.417 e. The van der Waals surface area contributed by atoms with Crippen molar-refractivity contribution in [3.05, 3.63) is 71.9 Å². The third-order valence-corrected chi connectivity index (χ3v) is 7.30. The van der Waals surface area contributed by atoms with Crippen molar-refractivity contribution < 1.29 is 30.0 Å². The molecule has 0 spiro atoms. The van der Waals surface area contributed by atoms with Gasteiger partial charge in [0.2, 0.25) is 0 Å². The number of benzene rings is 2. The number of halogens is 4. The highest BCUT2D eigenvalue weighted by molar-refractivity contribution is 7.91. The van der Waals surface area contributed by atoms with Gasteiger partial charge in [-0.15, -0.1) is 12.4 Å². The van der Waals surface area contributed by atoms with Crippen molar-refractivity contribution in [3.63, 3.8) is 0 Å². The zero-order valence-electron chi connectivity index (χ0n) is 16.9. The van der Waals surface area contributed by atoms with Crippen LogP contribution in [0.15, 0.2) is 70.6 Å². The first-order valence-corrected chi connectivity index (χ1v) is 12.3. The van der Waals surface area contributed by atoms with Gasteiger partial charge in [0.15, 0.2) is 9.84 Å². The van der Waals surface area contributed by atoms with Crippen LogP contribution in [0, 0.1) is 0 Å². The fraction of sp³-hybridized carbons (Fsp3) is 0.200. The second-order valence-corrected chi connectivity index (χ2v) is 10.7. The standard InChI is InChI=1S/C20H19F3N2O4S2.ClH/c1-24-12-14-10-19(17-8-3-4-9-18(17)20(21,22)23)25(13-14)31(28,29)16-7-5-6-15(11-16)30(2,26)27;/h3-11,13,24H,12H2,1-2H3;1H. The van der Waals surface area contributed by atoms with Gasteiger partial charge in [-0.3, -0.25) is 0 Å². The lowest BCUT2D eigenvalue weighted by Gasteiger charge is -2.15. The van der Waals surface area contributed by atoms with Crippen LogP contribution in [0.1, 0.15) is 11.1 Å². The summed E-state index contributed by atoms with van der Waals surface area (Å²) in [4.78, 5) is -0.568. The number of aromatic nitrogens is 1. The Morgan fingerprint density at radius 1 is 0.938 bits per heavy atom. The highest BCUT2D eigenvalue weighted by Crippen LogP contribution is 2.38. The summed E-state index contributed by atoms with van der Waals surface area (Å²) in [6, 6.07) is 10.7. The highest BCUT2D eigenvalue weighted by Gasteiger charge is 2.35. The predicted molar refractivity (Wildman–Crippen MR) is 117 cm³/mol. The van der Waals surface area contributed by atoms with Crippen LogP contribution in [-0.4, -0.2) is 34.1 Å². The summed E-state index contributed by atoms with van der Waals surface area (Å²) >= 11 is 0. The molecule has 3 aromatic rings. The number of hydrogen-bond donors (Lipinski definition) is 1. The number of hydrogen-bond acceptors (Lipinski definition) is 5. The van der Waals surface area contributed by atoms with E-state index in [0.717, 1.165) is 22.4 Å². The molecule has 32 heavy (non-hydrogen) atoms.